The first-order chi connectivity index (χ1) is 16.6. The molecule has 0 N–H and O–H groups in total. The van der Waals surface area contributed by atoms with Gasteiger partial charge in [0.25, 0.3) is 0 Å². The van der Waals surface area contributed by atoms with Crippen molar-refractivity contribution in [1.29, 1.82) is 0 Å². The lowest BCUT2D eigenvalue weighted by Gasteiger charge is -2.37. The van der Waals surface area contributed by atoms with Crippen molar-refractivity contribution in [1.82, 2.24) is 0 Å². The van der Waals surface area contributed by atoms with E-state index < -0.39 is 11.6 Å². The van der Waals surface area contributed by atoms with Gasteiger partial charge in [-0.1, -0.05) is 38.7 Å². The van der Waals surface area contributed by atoms with Crippen molar-refractivity contribution in [3.8, 4) is 5.75 Å². The average molecular weight is 475 g/mol. The largest absolute Gasteiger partial charge is 0.498 e. The van der Waals surface area contributed by atoms with Gasteiger partial charge in [0.1, 0.15) is 6.10 Å². The van der Waals surface area contributed by atoms with Crippen LogP contribution in [-0.4, -0.2) is 12.7 Å². The quantitative estimate of drug-likeness (QED) is 0.356. The lowest BCUT2D eigenvalue weighted by Crippen LogP contribution is -2.30. The predicted molar refractivity (Wildman–Crippen MR) is 134 cm³/mol. The van der Waals surface area contributed by atoms with Crippen LogP contribution in [0.25, 0.3) is 0 Å². The van der Waals surface area contributed by atoms with E-state index in [4.69, 9.17) is 9.47 Å². The number of hydrogen-bond donors (Lipinski definition) is 0. The Morgan fingerprint density at radius 1 is 0.853 bits per heavy atom. The fourth-order valence-electron chi connectivity index (χ4n) is 6.73. The molecule has 0 spiro atoms. The zero-order valence-corrected chi connectivity index (χ0v) is 21.3. The van der Waals surface area contributed by atoms with Crippen molar-refractivity contribution >= 4 is 0 Å². The van der Waals surface area contributed by atoms with Gasteiger partial charge in [0.2, 0.25) is 5.82 Å². The van der Waals surface area contributed by atoms with Crippen LogP contribution in [0.15, 0.2) is 24.0 Å². The Bertz CT molecular complexity index is 804. The van der Waals surface area contributed by atoms with Crippen molar-refractivity contribution in [2.75, 3.05) is 6.61 Å². The number of aryl methyl sites for hydroxylation is 1. The number of allylic oxidation sites excluding steroid dienone is 1. The molecule has 1 aromatic rings. The molecular formula is C30H44F2O2. The maximum absolute atomic E-state index is 14.4. The van der Waals surface area contributed by atoms with E-state index >= 15 is 0 Å². The van der Waals surface area contributed by atoms with Gasteiger partial charge in [-0.15, -0.1) is 0 Å². The molecule has 1 aliphatic heterocycles. The Morgan fingerprint density at radius 3 is 2.21 bits per heavy atom. The van der Waals surface area contributed by atoms with Crippen molar-refractivity contribution in [3.05, 3.63) is 41.2 Å². The van der Waals surface area contributed by atoms with Gasteiger partial charge in [-0.3, -0.25) is 0 Å². The number of benzene rings is 1. The zero-order valence-electron chi connectivity index (χ0n) is 21.3. The fraction of sp³-hybridized carbons (Fsp3) is 0.733. The molecule has 1 heterocycles. The lowest BCUT2D eigenvalue weighted by atomic mass is 9.73. The third-order valence-corrected chi connectivity index (χ3v) is 8.85. The minimum atomic E-state index is -0.848. The summed E-state index contributed by atoms with van der Waals surface area (Å²) < 4.78 is 40.0. The molecule has 1 aromatic carbocycles. The van der Waals surface area contributed by atoms with Gasteiger partial charge >= 0.3 is 0 Å². The summed E-state index contributed by atoms with van der Waals surface area (Å²) in [4.78, 5) is 0. The van der Waals surface area contributed by atoms with Gasteiger partial charge < -0.3 is 9.47 Å². The van der Waals surface area contributed by atoms with Gasteiger partial charge in [0.05, 0.1) is 12.9 Å². The molecule has 0 amide bonds. The Labute approximate surface area is 205 Å². The summed E-state index contributed by atoms with van der Waals surface area (Å²) in [5, 5.41) is 0. The Hall–Kier alpha value is -1.58. The minimum absolute atomic E-state index is 0.0121. The van der Waals surface area contributed by atoms with E-state index in [9.17, 15) is 8.78 Å². The van der Waals surface area contributed by atoms with Crippen LogP contribution in [0.4, 0.5) is 8.78 Å². The van der Waals surface area contributed by atoms with Crippen LogP contribution < -0.4 is 4.74 Å². The molecule has 2 saturated carbocycles. The Morgan fingerprint density at radius 2 is 1.56 bits per heavy atom. The summed E-state index contributed by atoms with van der Waals surface area (Å²) in [6.07, 6.45) is 19.4. The first-order valence-electron chi connectivity index (χ1n) is 14.0. The molecule has 2 nitrogen and oxygen atoms in total. The molecule has 1 unspecified atom stereocenters. The smallest absolute Gasteiger partial charge is 0.200 e. The van der Waals surface area contributed by atoms with Crippen LogP contribution in [0, 0.1) is 35.3 Å². The van der Waals surface area contributed by atoms with Crippen LogP contribution in [-0.2, 0) is 11.2 Å². The topological polar surface area (TPSA) is 18.5 Å². The van der Waals surface area contributed by atoms with Gasteiger partial charge in [-0.25, -0.2) is 4.39 Å². The van der Waals surface area contributed by atoms with Gasteiger partial charge in [0, 0.05) is 0 Å². The molecule has 34 heavy (non-hydrogen) atoms. The summed E-state index contributed by atoms with van der Waals surface area (Å²) in [6, 6.07) is 3.25. The summed E-state index contributed by atoms with van der Waals surface area (Å²) >= 11 is 0. The minimum Gasteiger partial charge on any atom is -0.498 e. The first-order valence-corrected chi connectivity index (χ1v) is 14.0. The van der Waals surface area contributed by atoms with Gasteiger partial charge in [0.15, 0.2) is 11.6 Å². The first kappa shape index (κ1) is 25.5. The average Bonchev–Trinajstić information content (AvgIpc) is 2.88. The Kier molecular flexibility index (Phi) is 9.31. The SMILES string of the molecule is CCCC1CCC(C2=COC(C3CCC(CCc4ccc(OCC)c(F)c4F)CC3)CC2)CC1. The van der Waals surface area contributed by atoms with Gasteiger partial charge in [-0.2, -0.15) is 4.39 Å². The zero-order chi connectivity index (χ0) is 23.9. The summed E-state index contributed by atoms with van der Waals surface area (Å²) in [5.41, 5.74) is 2.05. The van der Waals surface area contributed by atoms with E-state index in [1.165, 1.54) is 77.0 Å². The predicted octanol–water partition coefficient (Wildman–Crippen LogP) is 8.77. The van der Waals surface area contributed by atoms with E-state index in [2.05, 4.69) is 13.2 Å². The molecule has 4 heteroatoms. The maximum Gasteiger partial charge on any atom is 0.200 e. The molecule has 0 bridgehead atoms. The highest BCUT2D eigenvalue weighted by Crippen LogP contribution is 2.41. The molecule has 0 aromatic heterocycles. The third-order valence-electron chi connectivity index (χ3n) is 8.85. The second-order valence-corrected chi connectivity index (χ2v) is 11.0. The van der Waals surface area contributed by atoms with Crippen molar-refractivity contribution in [3.63, 3.8) is 0 Å². The molecule has 0 saturated heterocycles. The number of hydrogen-bond acceptors (Lipinski definition) is 2. The van der Waals surface area contributed by atoms with Crippen molar-refractivity contribution in [2.45, 2.75) is 110 Å². The summed E-state index contributed by atoms with van der Waals surface area (Å²) in [5.74, 6) is 1.39. The lowest BCUT2D eigenvalue weighted by molar-refractivity contribution is 0.0361. The number of ether oxygens (including phenoxy) is 2. The highest BCUT2D eigenvalue weighted by atomic mass is 19.2. The summed E-state index contributed by atoms with van der Waals surface area (Å²) in [7, 11) is 0. The van der Waals surface area contributed by atoms with E-state index in [1.807, 2.05) is 0 Å². The second-order valence-electron chi connectivity index (χ2n) is 11.0. The standard InChI is InChI=1S/C30H44F2O2/c1-3-5-21-6-11-23(12-7-21)26-17-18-27(34-20-26)24-13-8-22(9-14-24)10-15-25-16-19-28(33-4-2)30(32)29(25)31/h16,19-24,27H,3-15,17-18H2,1-2H3. The highest BCUT2D eigenvalue weighted by Gasteiger charge is 2.32. The fourth-order valence-corrected chi connectivity index (χ4v) is 6.73. The normalized spacial score (nSPS) is 29.9. The van der Waals surface area contributed by atoms with Crippen LogP contribution in [0.5, 0.6) is 5.75 Å². The molecular weight excluding hydrogens is 430 g/mol. The Balaban J connectivity index is 1.19. The monoisotopic (exact) mass is 474 g/mol. The molecule has 3 aliphatic rings. The van der Waals surface area contributed by atoms with E-state index in [1.54, 1.807) is 24.6 Å². The van der Waals surface area contributed by atoms with Crippen molar-refractivity contribution in [2.24, 2.45) is 23.7 Å². The van der Waals surface area contributed by atoms with E-state index in [-0.39, 0.29) is 5.75 Å². The van der Waals surface area contributed by atoms with Crippen LogP contribution in [0.1, 0.15) is 103 Å². The van der Waals surface area contributed by atoms with Crippen LogP contribution in [0.3, 0.4) is 0 Å². The van der Waals surface area contributed by atoms with Gasteiger partial charge in [-0.05, 0) is 112 Å². The molecule has 1 atom stereocenters. The second kappa shape index (κ2) is 12.4. The molecule has 0 radical (unpaired) electrons. The summed E-state index contributed by atoms with van der Waals surface area (Å²) in [6.45, 7) is 4.41. The third kappa shape index (κ3) is 6.34. The van der Waals surface area contributed by atoms with E-state index in [0.29, 0.717) is 36.5 Å². The molecule has 190 valence electrons. The highest BCUT2D eigenvalue weighted by molar-refractivity contribution is 5.31. The molecule has 4 rings (SSSR count). The maximum atomic E-state index is 14.4. The van der Waals surface area contributed by atoms with Crippen molar-refractivity contribution < 1.29 is 18.3 Å². The van der Waals surface area contributed by atoms with Crippen LogP contribution >= 0.6 is 0 Å². The van der Waals surface area contributed by atoms with E-state index in [0.717, 1.165) is 18.3 Å². The number of halogens is 2. The van der Waals surface area contributed by atoms with Crippen LogP contribution in [0.2, 0.25) is 0 Å². The molecule has 2 fully saturated rings. The molecule has 2 aliphatic carbocycles. The number of rotatable bonds is 9.